The molecule has 0 aromatic heterocycles. The molecule has 2 N–H and O–H groups in total. The Morgan fingerprint density at radius 2 is 1.72 bits per heavy atom. The van der Waals surface area contributed by atoms with Gasteiger partial charge in [-0.2, -0.15) is 0 Å². The smallest absolute Gasteiger partial charge is 0.251 e. The minimum Gasteiger partial charge on any atom is -0.383 e. The third-order valence-electron chi connectivity index (χ3n) is 3.65. The van der Waals surface area contributed by atoms with E-state index in [4.69, 9.17) is 4.74 Å². The van der Waals surface area contributed by atoms with Gasteiger partial charge in [-0.1, -0.05) is 30.3 Å². The summed E-state index contributed by atoms with van der Waals surface area (Å²) in [5.41, 5.74) is 1.27. The third kappa shape index (κ3) is 5.38. The highest BCUT2D eigenvalue weighted by molar-refractivity contribution is 7.89. The van der Waals surface area contributed by atoms with Gasteiger partial charge in [0.1, 0.15) is 0 Å². The second-order valence-electron chi connectivity index (χ2n) is 5.53. The number of benzene rings is 2. The van der Waals surface area contributed by atoms with Crippen LogP contribution in [0.2, 0.25) is 0 Å². The zero-order valence-electron chi connectivity index (χ0n) is 14.2. The number of hydrogen-bond acceptors (Lipinski definition) is 4. The first kappa shape index (κ1) is 19.1. The average molecular weight is 362 g/mol. The van der Waals surface area contributed by atoms with Crippen LogP contribution >= 0.6 is 0 Å². The van der Waals surface area contributed by atoms with Gasteiger partial charge in [0.2, 0.25) is 10.0 Å². The first-order valence-electron chi connectivity index (χ1n) is 7.88. The first-order chi connectivity index (χ1) is 11.9. The van der Waals surface area contributed by atoms with E-state index in [1.54, 1.807) is 14.0 Å². The summed E-state index contributed by atoms with van der Waals surface area (Å²) in [6, 6.07) is 14.8. The fourth-order valence-electron chi connectivity index (χ4n) is 2.26. The zero-order chi connectivity index (χ0) is 18.3. The van der Waals surface area contributed by atoms with Gasteiger partial charge in [-0.25, -0.2) is 13.1 Å². The summed E-state index contributed by atoms with van der Waals surface area (Å²) in [5, 5.41) is 2.68. The number of ether oxygens (including phenoxy) is 1. The molecule has 0 spiro atoms. The molecule has 6 nitrogen and oxygen atoms in total. The first-order valence-corrected chi connectivity index (χ1v) is 9.37. The number of rotatable bonds is 8. The fraction of sp³-hybridized carbons (Fsp3) is 0.278. The molecule has 0 aliphatic heterocycles. The van der Waals surface area contributed by atoms with Crippen LogP contribution in [0.1, 0.15) is 28.9 Å². The Labute approximate surface area is 148 Å². The van der Waals surface area contributed by atoms with Gasteiger partial charge >= 0.3 is 0 Å². The van der Waals surface area contributed by atoms with Crippen molar-refractivity contribution in [1.29, 1.82) is 0 Å². The van der Waals surface area contributed by atoms with Crippen molar-refractivity contribution in [2.24, 2.45) is 0 Å². The topological polar surface area (TPSA) is 84.5 Å². The van der Waals surface area contributed by atoms with Gasteiger partial charge in [-0.3, -0.25) is 4.79 Å². The van der Waals surface area contributed by atoms with E-state index in [9.17, 15) is 13.2 Å². The van der Waals surface area contributed by atoms with Gasteiger partial charge in [-0.05, 0) is 36.8 Å². The van der Waals surface area contributed by atoms with E-state index in [2.05, 4.69) is 10.0 Å². The molecule has 0 bridgehead atoms. The van der Waals surface area contributed by atoms with Gasteiger partial charge in [-0.15, -0.1) is 0 Å². The molecule has 134 valence electrons. The Bertz CT molecular complexity index is 790. The van der Waals surface area contributed by atoms with Crippen LogP contribution in [0.25, 0.3) is 0 Å². The Morgan fingerprint density at radius 3 is 2.32 bits per heavy atom. The van der Waals surface area contributed by atoms with Gasteiger partial charge in [0.25, 0.3) is 5.91 Å². The molecule has 1 amide bonds. The number of hydrogen-bond donors (Lipinski definition) is 2. The summed E-state index contributed by atoms with van der Waals surface area (Å²) < 4.78 is 32.5. The molecule has 0 saturated heterocycles. The van der Waals surface area contributed by atoms with Crippen molar-refractivity contribution >= 4 is 15.9 Å². The highest BCUT2D eigenvalue weighted by Gasteiger charge is 2.18. The van der Waals surface area contributed by atoms with Crippen molar-refractivity contribution in [2.75, 3.05) is 20.3 Å². The number of sulfonamides is 1. The van der Waals surface area contributed by atoms with Crippen molar-refractivity contribution in [3.05, 3.63) is 65.7 Å². The van der Waals surface area contributed by atoms with E-state index in [1.165, 1.54) is 24.3 Å². The van der Waals surface area contributed by atoms with Gasteiger partial charge in [0.05, 0.1) is 11.5 Å². The number of methoxy groups -OCH3 is 1. The highest BCUT2D eigenvalue weighted by Crippen LogP contribution is 2.17. The van der Waals surface area contributed by atoms with Crippen LogP contribution in [-0.2, 0) is 14.8 Å². The number of carbonyl (C=O) groups excluding carboxylic acids is 1. The number of carbonyl (C=O) groups is 1. The van der Waals surface area contributed by atoms with Gasteiger partial charge in [0, 0.05) is 25.3 Å². The predicted octanol–water partition coefficient (Wildman–Crippen LogP) is 2.10. The SMILES string of the molecule is COCCNC(=O)c1ccc(S(=O)(=O)NC(C)c2ccccc2)cc1. The molecule has 0 saturated carbocycles. The molecular formula is C18H22N2O4S. The molecule has 0 heterocycles. The average Bonchev–Trinajstić information content (AvgIpc) is 2.62. The van der Waals surface area contributed by atoms with Crippen LogP contribution in [0.4, 0.5) is 0 Å². The van der Waals surface area contributed by atoms with Gasteiger partial charge < -0.3 is 10.1 Å². The molecule has 2 aromatic rings. The standard InChI is InChI=1S/C18H22N2O4S/c1-14(15-6-4-3-5-7-15)20-25(22,23)17-10-8-16(9-11-17)18(21)19-12-13-24-2/h3-11,14,20H,12-13H2,1-2H3,(H,19,21). The molecule has 2 aromatic carbocycles. The van der Waals surface area contributed by atoms with E-state index in [1.807, 2.05) is 30.3 Å². The molecule has 7 heteroatoms. The lowest BCUT2D eigenvalue weighted by Crippen LogP contribution is -2.28. The summed E-state index contributed by atoms with van der Waals surface area (Å²) in [7, 11) is -2.12. The lowest BCUT2D eigenvalue weighted by Gasteiger charge is -2.15. The summed E-state index contributed by atoms with van der Waals surface area (Å²) in [5.74, 6) is -0.272. The van der Waals surface area contributed by atoms with Crippen LogP contribution in [0, 0.1) is 0 Å². The Morgan fingerprint density at radius 1 is 1.08 bits per heavy atom. The highest BCUT2D eigenvalue weighted by atomic mass is 32.2. The van der Waals surface area contributed by atoms with E-state index < -0.39 is 10.0 Å². The van der Waals surface area contributed by atoms with Crippen molar-refractivity contribution in [3.8, 4) is 0 Å². The number of amides is 1. The maximum absolute atomic E-state index is 12.5. The summed E-state index contributed by atoms with van der Waals surface area (Å²) >= 11 is 0. The molecule has 1 atom stereocenters. The predicted molar refractivity (Wildman–Crippen MR) is 95.8 cm³/mol. The van der Waals surface area contributed by atoms with E-state index in [0.717, 1.165) is 5.56 Å². The summed E-state index contributed by atoms with van der Waals surface area (Å²) in [4.78, 5) is 12.0. The van der Waals surface area contributed by atoms with Crippen LogP contribution in [0.5, 0.6) is 0 Å². The second-order valence-corrected chi connectivity index (χ2v) is 7.24. The quantitative estimate of drug-likeness (QED) is 0.705. The largest absolute Gasteiger partial charge is 0.383 e. The molecular weight excluding hydrogens is 340 g/mol. The third-order valence-corrected chi connectivity index (χ3v) is 5.21. The molecule has 0 radical (unpaired) electrons. The molecule has 0 aliphatic rings. The van der Waals surface area contributed by atoms with Crippen LogP contribution in [-0.4, -0.2) is 34.6 Å². The minimum atomic E-state index is -3.67. The Hall–Kier alpha value is -2.22. The maximum atomic E-state index is 12.5. The van der Waals surface area contributed by atoms with Crippen LogP contribution in [0.15, 0.2) is 59.5 Å². The van der Waals surface area contributed by atoms with Crippen molar-refractivity contribution in [1.82, 2.24) is 10.0 Å². The van der Waals surface area contributed by atoms with E-state index in [0.29, 0.717) is 18.7 Å². The lowest BCUT2D eigenvalue weighted by atomic mass is 10.1. The molecule has 0 aliphatic carbocycles. The van der Waals surface area contributed by atoms with Crippen molar-refractivity contribution < 1.29 is 17.9 Å². The number of nitrogens with one attached hydrogen (secondary N) is 2. The molecule has 0 fully saturated rings. The minimum absolute atomic E-state index is 0.115. The Balaban J connectivity index is 2.06. The van der Waals surface area contributed by atoms with Gasteiger partial charge in [0.15, 0.2) is 0 Å². The van der Waals surface area contributed by atoms with Crippen molar-refractivity contribution in [2.45, 2.75) is 17.9 Å². The van der Waals surface area contributed by atoms with Crippen molar-refractivity contribution in [3.63, 3.8) is 0 Å². The Kier molecular flexibility index (Phi) is 6.69. The fourth-order valence-corrected chi connectivity index (χ4v) is 3.50. The lowest BCUT2D eigenvalue weighted by molar-refractivity contribution is 0.0937. The van der Waals surface area contributed by atoms with E-state index >= 15 is 0 Å². The summed E-state index contributed by atoms with van der Waals surface area (Å²) in [6.45, 7) is 2.59. The second kappa shape index (κ2) is 8.75. The molecule has 25 heavy (non-hydrogen) atoms. The maximum Gasteiger partial charge on any atom is 0.251 e. The monoisotopic (exact) mass is 362 g/mol. The normalized spacial score (nSPS) is 12.6. The summed E-state index contributed by atoms with van der Waals surface area (Å²) in [6.07, 6.45) is 0. The van der Waals surface area contributed by atoms with E-state index in [-0.39, 0.29) is 16.8 Å². The molecule has 1 unspecified atom stereocenters. The zero-order valence-corrected chi connectivity index (χ0v) is 15.0. The van der Waals surface area contributed by atoms with Crippen LogP contribution < -0.4 is 10.0 Å². The van der Waals surface area contributed by atoms with Crippen LogP contribution in [0.3, 0.4) is 0 Å². The molecule has 2 rings (SSSR count).